The molecule has 0 radical (unpaired) electrons. The van der Waals surface area contributed by atoms with E-state index in [0.717, 1.165) is 0 Å². The third-order valence-electron chi connectivity index (χ3n) is 3.04. The zero-order valence-corrected chi connectivity index (χ0v) is 13.2. The molecule has 0 fully saturated rings. The lowest BCUT2D eigenvalue weighted by atomic mass is 10.2. The Morgan fingerprint density at radius 2 is 1.64 bits per heavy atom. The molecule has 0 atom stereocenters. The first-order chi connectivity index (χ1) is 10.5. The zero-order valence-electron chi connectivity index (χ0n) is 12.4. The fourth-order valence-electron chi connectivity index (χ4n) is 2.03. The van der Waals surface area contributed by atoms with E-state index >= 15 is 0 Å². The van der Waals surface area contributed by atoms with Gasteiger partial charge < -0.3 is 4.74 Å². The van der Waals surface area contributed by atoms with Crippen molar-refractivity contribution >= 4 is 21.8 Å². The molecule has 0 bridgehead atoms. The lowest BCUT2D eigenvalue weighted by Gasteiger charge is -2.22. The molecule has 0 spiro atoms. The van der Waals surface area contributed by atoms with Crippen LogP contribution in [0.5, 0.6) is 0 Å². The maximum absolute atomic E-state index is 12.9. The smallest absolute Gasteiger partial charge is 0.428 e. The van der Waals surface area contributed by atoms with E-state index in [1.165, 1.54) is 6.07 Å². The summed E-state index contributed by atoms with van der Waals surface area (Å²) in [4.78, 5) is 12.3. The maximum atomic E-state index is 12.9. The summed E-state index contributed by atoms with van der Waals surface area (Å²) in [6.45, 7) is 3.40. The number of nitrogens with zero attached hydrogens (tertiary/aromatic N) is 1. The number of anilines is 1. The summed E-state index contributed by atoms with van der Waals surface area (Å²) in [5, 5.41) is 0. The molecule has 5 nitrogen and oxygen atoms in total. The molecule has 116 valence electrons. The van der Waals surface area contributed by atoms with Crippen molar-refractivity contribution in [3.63, 3.8) is 0 Å². The molecule has 0 heterocycles. The van der Waals surface area contributed by atoms with Crippen LogP contribution in [0.15, 0.2) is 59.5 Å². The molecule has 1 amide bonds. The van der Waals surface area contributed by atoms with E-state index in [1.54, 1.807) is 62.4 Å². The Balaban J connectivity index is 2.59. The Labute approximate surface area is 130 Å². The largest absolute Gasteiger partial charge is 0.449 e. The van der Waals surface area contributed by atoms with E-state index < -0.39 is 16.1 Å². The van der Waals surface area contributed by atoms with E-state index in [9.17, 15) is 13.2 Å². The number of aryl methyl sites for hydroxylation is 1. The minimum atomic E-state index is -4.05. The standard InChI is InChI=1S/C16H17NO4S/c1-3-21-16(18)17(14-10-5-4-6-11-14)22(19,20)15-12-8-7-9-13(15)2/h4-12H,3H2,1-2H3. The average Bonchev–Trinajstić information content (AvgIpc) is 2.48. The van der Waals surface area contributed by atoms with E-state index in [-0.39, 0.29) is 17.2 Å². The summed E-state index contributed by atoms with van der Waals surface area (Å²) in [5.41, 5.74) is 0.803. The van der Waals surface area contributed by atoms with Gasteiger partial charge in [0, 0.05) is 0 Å². The van der Waals surface area contributed by atoms with E-state index in [0.29, 0.717) is 9.87 Å². The van der Waals surface area contributed by atoms with Gasteiger partial charge in [-0.3, -0.25) is 0 Å². The lowest BCUT2D eigenvalue weighted by molar-refractivity contribution is 0.164. The number of hydrogen-bond donors (Lipinski definition) is 0. The normalized spacial score (nSPS) is 11.0. The van der Waals surface area contributed by atoms with E-state index in [1.807, 2.05) is 0 Å². The minimum absolute atomic E-state index is 0.0758. The Morgan fingerprint density at radius 3 is 2.23 bits per heavy atom. The first-order valence-corrected chi connectivity index (χ1v) is 8.25. The number of rotatable bonds is 4. The highest BCUT2D eigenvalue weighted by atomic mass is 32.2. The van der Waals surface area contributed by atoms with Gasteiger partial charge in [0.15, 0.2) is 0 Å². The summed E-state index contributed by atoms with van der Waals surface area (Å²) in [6, 6.07) is 14.7. The van der Waals surface area contributed by atoms with Crippen LogP contribution in [-0.2, 0) is 14.8 Å². The SMILES string of the molecule is CCOC(=O)N(c1ccccc1)S(=O)(=O)c1ccccc1C. The molecule has 22 heavy (non-hydrogen) atoms. The third-order valence-corrected chi connectivity index (χ3v) is 4.89. The number of hydrogen-bond acceptors (Lipinski definition) is 4. The number of carbonyl (C=O) groups is 1. The first kappa shape index (κ1) is 16.0. The maximum Gasteiger partial charge on any atom is 0.428 e. The van der Waals surface area contributed by atoms with Crippen LogP contribution in [0.4, 0.5) is 10.5 Å². The quantitative estimate of drug-likeness (QED) is 0.867. The molecule has 0 saturated heterocycles. The summed E-state index contributed by atoms with van der Waals surface area (Å²) in [7, 11) is -4.05. The molecule has 0 unspecified atom stereocenters. The Hall–Kier alpha value is -2.34. The minimum Gasteiger partial charge on any atom is -0.449 e. The molecule has 0 aliphatic rings. The molecule has 0 aromatic heterocycles. The van der Waals surface area contributed by atoms with Gasteiger partial charge in [0.05, 0.1) is 17.2 Å². The molecule has 0 aliphatic heterocycles. The highest BCUT2D eigenvalue weighted by Crippen LogP contribution is 2.26. The van der Waals surface area contributed by atoms with Gasteiger partial charge in [0.1, 0.15) is 0 Å². The van der Waals surface area contributed by atoms with Crippen molar-refractivity contribution in [2.24, 2.45) is 0 Å². The fraction of sp³-hybridized carbons (Fsp3) is 0.188. The van der Waals surface area contributed by atoms with Gasteiger partial charge in [-0.1, -0.05) is 36.4 Å². The predicted octanol–water partition coefficient (Wildman–Crippen LogP) is 3.35. The van der Waals surface area contributed by atoms with E-state index in [2.05, 4.69) is 0 Å². The Morgan fingerprint density at radius 1 is 1.05 bits per heavy atom. The monoisotopic (exact) mass is 319 g/mol. The van der Waals surface area contributed by atoms with Crippen LogP contribution in [0, 0.1) is 6.92 Å². The number of benzene rings is 2. The number of carbonyl (C=O) groups excluding carboxylic acids is 1. The predicted molar refractivity (Wildman–Crippen MR) is 84.3 cm³/mol. The van der Waals surface area contributed by atoms with E-state index in [4.69, 9.17) is 4.74 Å². The van der Waals surface area contributed by atoms with Crippen LogP contribution in [0.25, 0.3) is 0 Å². The van der Waals surface area contributed by atoms with Gasteiger partial charge in [-0.05, 0) is 37.6 Å². The number of amides is 1. The van der Waals surface area contributed by atoms with Gasteiger partial charge in [0.2, 0.25) is 0 Å². The second-order valence-electron chi connectivity index (χ2n) is 4.57. The zero-order chi connectivity index (χ0) is 16.2. The van der Waals surface area contributed by atoms with Crippen LogP contribution in [-0.4, -0.2) is 21.1 Å². The lowest BCUT2D eigenvalue weighted by Crippen LogP contribution is -2.37. The van der Waals surface area contributed by atoms with Crippen molar-refractivity contribution in [1.82, 2.24) is 0 Å². The van der Waals surface area contributed by atoms with Crippen molar-refractivity contribution < 1.29 is 17.9 Å². The van der Waals surface area contributed by atoms with Crippen LogP contribution < -0.4 is 4.31 Å². The molecule has 0 N–H and O–H groups in total. The molecular weight excluding hydrogens is 302 g/mol. The summed E-state index contributed by atoms with van der Waals surface area (Å²) in [5.74, 6) is 0. The molecule has 0 saturated carbocycles. The van der Waals surface area contributed by atoms with Crippen molar-refractivity contribution in [3.8, 4) is 0 Å². The summed E-state index contributed by atoms with van der Waals surface area (Å²) in [6.07, 6.45) is -0.919. The van der Waals surface area contributed by atoms with Gasteiger partial charge >= 0.3 is 6.09 Å². The second kappa shape index (κ2) is 6.62. The van der Waals surface area contributed by atoms with Crippen molar-refractivity contribution in [3.05, 3.63) is 60.2 Å². The van der Waals surface area contributed by atoms with Gasteiger partial charge in [-0.2, -0.15) is 4.31 Å². The first-order valence-electron chi connectivity index (χ1n) is 6.81. The third kappa shape index (κ3) is 3.12. The highest BCUT2D eigenvalue weighted by molar-refractivity contribution is 7.93. The van der Waals surface area contributed by atoms with Gasteiger partial charge in [0.25, 0.3) is 10.0 Å². The number of para-hydroxylation sites is 1. The van der Waals surface area contributed by atoms with Gasteiger partial charge in [-0.15, -0.1) is 0 Å². The van der Waals surface area contributed by atoms with Crippen LogP contribution >= 0.6 is 0 Å². The molecule has 2 aromatic rings. The second-order valence-corrected chi connectivity index (χ2v) is 6.32. The number of sulfonamides is 1. The fourth-order valence-corrected chi connectivity index (χ4v) is 3.60. The summed E-state index contributed by atoms with van der Waals surface area (Å²) >= 11 is 0. The Kier molecular flexibility index (Phi) is 4.82. The molecule has 0 aliphatic carbocycles. The van der Waals surface area contributed by atoms with Crippen LogP contribution in [0.3, 0.4) is 0 Å². The molecule has 2 rings (SSSR count). The van der Waals surface area contributed by atoms with Crippen molar-refractivity contribution in [1.29, 1.82) is 0 Å². The Bertz CT molecular complexity index is 757. The average molecular weight is 319 g/mol. The van der Waals surface area contributed by atoms with Crippen LogP contribution in [0.2, 0.25) is 0 Å². The van der Waals surface area contributed by atoms with Gasteiger partial charge in [-0.25, -0.2) is 13.2 Å². The molecule has 6 heteroatoms. The number of ether oxygens (including phenoxy) is 1. The molecular formula is C16H17NO4S. The van der Waals surface area contributed by atoms with Crippen molar-refractivity contribution in [2.75, 3.05) is 10.9 Å². The van der Waals surface area contributed by atoms with Crippen molar-refractivity contribution in [2.45, 2.75) is 18.7 Å². The molecule has 2 aromatic carbocycles. The highest BCUT2D eigenvalue weighted by Gasteiger charge is 2.33. The summed E-state index contributed by atoms with van der Waals surface area (Å²) < 4.78 is 31.4. The van der Waals surface area contributed by atoms with Crippen LogP contribution in [0.1, 0.15) is 12.5 Å². The topological polar surface area (TPSA) is 63.7 Å².